The summed E-state index contributed by atoms with van der Waals surface area (Å²) in [6.45, 7) is 20.4. The number of benzene rings is 3. The summed E-state index contributed by atoms with van der Waals surface area (Å²) in [5, 5.41) is 3.13. The Bertz CT molecular complexity index is 2300. The maximum absolute atomic E-state index is 13.5. The molecule has 0 aliphatic rings. The van der Waals surface area contributed by atoms with Gasteiger partial charge in [-0.15, -0.1) is 54.1 Å². The maximum Gasteiger partial charge on any atom is 0.218 e. The Morgan fingerprint density at radius 1 is 0.804 bits per heavy atom. The molecule has 0 atom stereocenters. The van der Waals surface area contributed by atoms with E-state index in [9.17, 15) is 4.39 Å². The van der Waals surface area contributed by atoms with Crippen LogP contribution >= 0.6 is 0 Å². The van der Waals surface area contributed by atoms with E-state index in [1.54, 1.807) is 12.3 Å². The Morgan fingerprint density at radius 3 is 2.22 bits per heavy atom. The number of hydrogen-bond donors (Lipinski definition) is 0. The van der Waals surface area contributed by atoms with Crippen molar-refractivity contribution in [3.63, 3.8) is 0 Å². The van der Waals surface area contributed by atoms with E-state index in [-0.39, 0.29) is 31.2 Å². The molecule has 7 rings (SSSR count). The Balaban J connectivity index is 0.000000205. The van der Waals surface area contributed by atoms with Crippen LogP contribution in [0, 0.1) is 44.3 Å². The van der Waals surface area contributed by atoms with Crippen molar-refractivity contribution in [1.82, 2.24) is 15.0 Å². The zero-order valence-corrected chi connectivity index (χ0v) is 34.2. The van der Waals surface area contributed by atoms with E-state index in [0.717, 1.165) is 45.3 Å². The third kappa shape index (κ3) is 8.61. The predicted octanol–water partition coefficient (Wildman–Crippen LogP) is 11.3. The molecule has 0 unspecified atom stereocenters. The van der Waals surface area contributed by atoms with Gasteiger partial charge in [-0.05, 0) is 89.6 Å². The molecule has 51 heavy (non-hydrogen) atoms. The molecular weight excluding hydrogens is 826 g/mol. The molecule has 0 N–H and O–H groups in total. The molecule has 4 heterocycles. The first-order chi connectivity index (χ1) is 23.7. The van der Waals surface area contributed by atoms with E-state index in [0.29, 0.717) is 5.58 Å². The predicted molar refractivity (Wildman–Crippen MR) is 208 cm³/mol. The van der Waals surface area contributed by atoms with Crippen LogP contribution < -0.4 is 5.19 Å². The number of furan rings is 1. The molecule has 4 nitrogen and oxygen atoms in total. The van der Waals surface area contributed by atoms with E-state index >= 15 is 0 Å². The van der Waals surface area contributed by atoms with Gasteiger partial charge in [0, 0.05) is 37.9 Å². The number of aromatic nitrogens is 3. The van der Waals surface area contributed by atoms with Gasteiger partial charge in [0.15, 0.2) is 0 Å². The van der Waals surface area contributed by atoms with E-state index in [1.165, 1.54) is 39.1 Å². The summed E-state index contributed by atoms with van der Waals surface area (Å²) in [6.07, 6.45) is 5.01. The summed E-state index contributed by atoms with van der Waals surface area (Å²) in [4.78, 5) is 13.2. The second-order valence-electron chi connectivity index (χ2n) is 15.4. The summed E-state index contributed by atoms with van der Waals surface area (Å²) < 4.78 is 19.4. The van der Waals surface area contributed by atoms with Crippen molar-refractivity contribution < 1.29 is 28.9 Å². The molecule has 0 saturated carbocycles. The molecule has 0 bridgehead atoms. The third-order valence-corrected chi connectivity index (χ3v) is 10.8. The van der Waals surface area contributed by atoms with Crippen LogP contribution in [0.25, 0.3) is 55.7 Å². The largest absolute Gasteiger partial charge is 0.486 e. The maximum atomic E-state index is 13.5. The number of rotatable bonds is 5. The first-order valence-electron chi connectivity index (χ1n) is 17.1. The Hall–Kier alpha value is -4.29. The number of halogens is 1. The Morgan fingerprint density at radius 2 is 1.55 bits per heavy atom. The molecule has 0 fully saturated rings. The van der Waals surface area contributed by atoms with Gasteiger partial charge in [-0.25, -0.2) is 0 Å². The topological polar surface area (TPSA) is 51.8 Å². The molecule has 0 aliphatic heterocycles. The van der Waals surface area contributed by atoms with Gasteiger partial charge in [0.1, 0.15) is 0 Å². The average molecular weight is 870 g/mol. The zero-order valence-electron chi connectivity index (χ0n) is 30.8. The van der Waals surface area contributed by atoms with Crippen LogP contribution in [-0.2, 0) is 26.5 Å². The second-order valence-corrected chi connectivity index (χ2v) is 20.4. The van der Waals surface area contributed by atoms with Gasteiger partial charge in [-0.1, -0.05) is 86.8 Å². The number of pyridine rings is 3. The molecule has 7 heteroatoms. The van der Waals surface area contributed by atoms with E-state index < -0.39 is 14.0 Å². The average Bonchev–Trinajstić information content (AvgIpc) is 3.41. The summed E-state index contributed by atoms with van der Waals surface area (Å²) >= 11 is 0. The van der Waals surface area contributed by atoms with Crippen molar-refractivity contribution in [2.24, 2.45) is 5.41 Å². The molecule has 7 aromatic rings. The van der Waals surface area contributed by atoms with Gasteiger partial charge in [0.2, 0.25) is 11.7 Å². The third-order valence-electron chi connectivity index (χ3n) is 8.75. The van der Waals surface area contributed by atoms with Crippen molar-refractivity contribution in [2.45, 2.75) is 67.6 Å². The molecule has 4 aromatic heterocycles. The Kier molecular flexibility index (Phi) is 11.3. The van der Waals surface area contributed by atoms with E-state index in [4.69, 9.17) is 9.40 Å². The molecule has 263 valence electrons. The van der Waals surface area contributed by atoms with Gasteiger partial charge in [0.05, 0.1) is 13.7 Å². The van der Waals surface area contributed by atoms with Crippen LogP contribution in [0.1, 0.15) is 43.0 Å². The monoisotopic (exact) mass is 870 g/mol. The SMILES string of the molecule is CC(C)(C)Cc1cc(-c2[c-]cccc2)ncc1[Si](C)(C)C.Cc1cc(C)c(-c2ccnc(-c3[c-]ccc4c3oc3nc(F)ccc34)c2)c(C)c1.[Ir]. The van der Waals surface area contributed by atoms with Crippen LogP contribution in [0.15, 0.2) is 95.7 Å². The van der Waals surface area contributed by atoms with Crippen molar-refractivity contribution in [1.29, 1.82) is 0 Å². The standard InChI is InChI=1S/C25H18FN2O.C19H26NSi.Ir/c1-14-11-15(2)23(16(3)12-14)17-9-10-27-21(13-17)20-6-4-5-18-19-7-8-22(26)28-25(19)29-24(18)20;1-19(2,3)13-16-12-17(15-10-8-7-9-11-15)20-14-18(16)21(4,5)6;/h4-5,7-13H,1-3H3;7-10,12,14H,13H2,1-6H3;/q2*-1;. The molecular formula is C44H44FIrN3OSi-2. The first kappa shape index (κ1) is 37.9. The minimum absolute atomic E-state index is 0. The number of aryl methyl sites for hydroxylation is 3. The van der Waals surface area contributed by atoms with Crippen molar-refractivity contribution >= 4 is 35.3 Å². The fraction of sp³-hybridized carbons (Fsp3) is 0.250. The van der Waals surface area contributed by atoms with Crippen molar-refractivity contribution in [2.75, 3.05) is 0 Å². The molecule has 0 aliphatic carbocycles. The number of fused-ring (bicyclic) bond motifs is 3. The van der Waals surface area contributed by atoms with Crippen LogP contribution in [0.4, 0.5) is 4.39 Å². The molecule has 3 aromatic carbocycles. The van der Waals surface area contributed by atoms with Crippen LogP contribution in [0.2, 0.25) is 19.6 Å². The fourth-order valence-corrected chi connectivity index (χ4v) is 8.31. The van der Waals surface area contributed by atoms with Crippen LogP contribution in [-0.4, -0.2) is 23.0 Å². The minimum atomic E-state index is -1.37. The van der Waals surface area contributed by atoms with Gasteiger partial charge in [0.25, 0.3) is 0 Å². The summed E-state index contributed by atoms with van der Waals surface area (Å²) in [5.41, 5.74) is 12.3. The van der Waals surface area contributed by atoms with Crippen molar-refractivity contribution in [3.8, 4) is 33.6 Å². The summed E-state index contributed by atoms with van der Waals surface area (Å²) in [5.74, 6) is -0.562. The van der Waals surface area contributed by atoms with Gasteiger partial charge in [-0.2, -0.15) is 9.37 Å². The molecule has 0 amide bonds. The van der Waals surface area contributed by atoms with Gasteiger partial charge < -0.3 is 14.4 Å². The quantitative estimate of drug-likeness (QED) is 0.0982. The van der Waals surface area contributed by atoms with Gasteiger partial charge >= 0.3 is 0 Å². The molecule has 0 saturated heterocycles. The number of nitrogens with zero attached hydrogens (tertiary/aromatic N) is 3. The minimum Gasteiger partial charge on any atom is -0.486 e. The van der Waals surface area contributed by atoms with E-state index in [1.807, 2.05) is 36.4 Å². The normalized spacial score (nSPS) is 11.6. The summed E-state index contributed by atoms with van der Waals surface area (Å²) in [6, 6.07) is 32.1. The smallest absolute Gasteiger partial charge is 0.218 e. The first-order valence-corrected chi connectivity index (χ1v) is 20.6. The zero-order chi connectivity index (χ0) is 35.8. The second kappa shape index (κ2) is 15.1. The van der Waals surface area contributed by atoms with Gasteiger partial charge in [-0.3, -0.25) is 0 Å². The van der Waals surface area contributed by atoms with Crippen LogP contribution in [0.5, 0.6) is 0 Å². The Labute approximate surface area is 316 Å². The number of hydrogen-bond acceptors (Lipinski definition) is 4. The van der Waals surface area contributed by atoms with E-state index in [2.05, 4.69) is 120 Å². The fourth-order valence-electron chi connectivity index (χ4n) is 6.74. The van der Waals surface area contributed by atoms with Crippen LogP contribution in [0.3, 0.4) is 0 Å². The molecule has 0 spiro atoms. The summed E-state index contributed by atoms with van der Waals surface area (Å²) in [7, 11) is -1.37. The molecule has 1 radical (unpaired) electrons. The van der Waals surface area contributed by atoms with Crippen molar-refractivity contribution in [3.05, 3.63) is 132 Å².